The average Bonchev–Trinajstić information content (AvgIpc) is 2.61. The summed E-state index contributed by atoms with van der Waals surface area (Å²) in [7, 11) is 5.70. The van der Waals surface area contributed by atoms with Crippen molar-refractivity contribution in [1.82, 2.24) is 14.9 Å². The smallest absolute Gasteiger partial charge is 0.222 e. The van der Waals surface area contributed by atoms with Crippen molar-refractivity contribution in [2.75, 3.05) is 44.7 Å². The highest BCUT2D eigenvalue weighted by atomic mass is 16.5. The van der Waals surface area contributed by atoms with Gasteiger partial charge in [0.25, 0.3) is 0 Å². The molecule has 1 aromatic heterocycles. The van der Waals surface area contributed by atoms with Crippen LogP contribution in [-0.4, -0.2) is 62.1 Å². The Kier molecular flexibility index (Phi) is 5.61. The molecule has 0 spiro atoms. The highest BCUT2D eigenvalue weighted by molar-refractivity contribution is 6.32. The molecule has 1 saturated heterocycles. The van der Waals surface area contributed by atoms with Crippen LogP contribution in [0.15, 0.2) is 36.7 Å². The van der Waals surface area contributed by atoms with E-state index in [-0.39, 0.29) is 0 Å². The summed E-state index contributed by atoms with van der Waals surface area (Å²) in [6.45, 7) is 5.73. The van der Waals surface area contributed by atoms with E-state index in [1.807, 2.05) is 36.7 Å². The van der Waals surface area contributed by atoms with Crippen LogP contribution in [0.25, 0.3) is 11.1 Å². The number of nitrogens with zero attached hydrogens (tertiary/aromatic N) is 3. The molecule has 1 aliphatic heterocycles. The van der Waals surface area contributed by atoms with E-state index < -0.39 is 0 Å². The zero-order valence-electron chi connectivity index (χ0n) is 13.2. The van der Waals surface area contributed by atoms with Crippen LogP contribution in [0.2, 0.25) is 0 Å². The maximum atomic E-state index is 5.70. The number of hydrogen-bond donors (Lipinski definition) is 1. The molecule has 3 rings (SSSR count). The van der Waals surface area contributed by atoms with Crippen molar-refractivity contribution in [3.63, 3.8) is 0 Å². The average molecular weight is 308 g/mol. The Hall–Kier alpha value is -1.92. The van der Waals surface area contributed by atoms with Crippen LogP contribution < -0.4 is 10.8 Å². The molecule has 6 heteroatoms. The maximum Gasteiger partial charge on any atom is 0.222 e. The van der Waals surface area contributed by atoms with Crippen molar-refractivity contribution in [3.05, 3.63) is 36.7 Å². The lowest BCUT2D eigenvalue weighted by Gasteiger charge is -2.26. The van der Waals surface area contributed by atoms with Gasteiger partial charge in [-0.15, -0.1) is 0 Å². The second-order valence-electron chi connectivity index (χ2n) is 5.65. The van der Waals surface area contributed by atoms with Crippen LogP contribution in [0.3, 0.4) is 0 Å². The molecule has 0 unspecified atom stereocenters. The third kappa shape index (κ3) is 4.78. The molecule has 2 heterocycles. The van der Waals surface area contributed by atoms with Gasteiger partial charge in [0.05, 0.1) is 13.2 Å². The minimum atomic E-state index is 0.672. The number of ether oxygens (including phenoxy) is 1. The summed E-state index contributed by atoms with van der Waals surface area (Å²) in [4.78, 5) is 11.2. The summed E-state index contributed by atoms with van der Waals surface area (Å²) in [5.41, 5.74) is 2.81. The summed E-state index contributed by atoms with van der Waals surface area (Å²) in [5, 5.41) is 3.27. The van der Waals surface area contributed by atoms with Crippen LogP contribution in [-0.2, 0) is 4.74 Å². The molecule has 118 valence electrons. The van der Waals surface area contributed by atoms with Gasteiger partial charge < -0.3 is 10.1 Å². The van der Waals surface area contributed by atoms with Gasteiger partial charge >= 0.3 is 0 Å². The first kappa shape index (κ1) is 16.0. The first-order valence-electron chi connectivity index (χ1n) is 8.03. The predicted octanol–water partition coefficient (Wildman–Crippen LogP) is 1.07. The van der Waals surface area contributed by atoms with Gasteiger partial charge in [0.1, 0.15) is 7.85 Å². The van der Waals surface area contributed by atoms with E-state index in [9.17, 15) is 0 Å². The maximum absolute atomic E-state index is 5.70. The van der Waals surface area contributed by atoms with Crippen LogP contribution in [0, 0.1) is 0 Å². The van der Waals surface area contributed by atoms with Crippen molar-refractivity contribution >= 4 is 19.3 Å². The SMILES string of the molecule is [B]c1ccc(-c2cnc(NCCCN3CCOCC3)nc2)cc1. The van der Waals surface area contributed by atoms with Crippen molar-refractivity contribution in [1.29, 1.82) is 0 Å². The molecule has 2 radical (unpaired) electrons. The zero-order valence-corrected chi connectivity index (χ0v) is 13.2. The lowest BCUT2D eigenvalue weighted by Crippen LogP contribution is -2.37. The summed E-state index contributed by atoms with van der Waals surface area (Å²) >= 11 is 0. The van der Waals surface area contributed by atoms with Gasteiger partial charge in [-0.1, -0.05) is 29.7 Å². The van der Waals surface area contributed by atoms with Crippen LogP contribution in [0.1, 0.15) is 6.42 Å². The van der Waals surface area contributed by atoms with Gasteiger partial charge in [-0.25, -0.2) is 9.97 Å². The Labute approximate surface area is 138 Å². The van der Waals surface area contributed by atoms with Crippen LogP contribution in [0.5, 0.6) is 0 Å². The predicted molar refractivity (Wildman–Crippen MR) is 93.2 cm³/mol. The number of morpholine rings is 1. The Balaban J connectivity index is 1.45. The Morgan fingerprint density at radius 3 is 2.43 bits per heavy atom. The highest BCUT2D eigenvalue weighted by Gasteiger charge is 2.09. The number of nitrogens with one attached hydrogen (secondary N) is 1. The summed E-state index contributed by atoms with van der Waals surface area (Å²) < 4.78 is 5.35. The van der Waals surface area contributed by atoms with Gasteiger partial charge in [-0.2, -0.15) is 0 Å². The number of hydrogen-bond acceptors (Lipinski definition) is 5. The molecular formula is C17H21BN4O. The van der Waals surface area contributed by atoms with Crippen LogP contribution in [0.4, 0.5) is 5.95 Å². The van der Waals surface area contributed by atoms with E-state index in [0.717, 1.165) is 62.4 Å². The molecule has 0 saturated carbocycles. The van der Waals surface area contributed by atoms with Gasteiger partial charge in [0.2, 0.25) is 5.95 Å². The minimum absolute atomic E-state index is 0.672. The normalized spacial score (nSPS) is 15.5. The van der Waals surface area contributed by atoms with Crippen molar-refractivity contribution in [2.45, 2.75) is 6.42 Å². The molecule has 0 atom stereocenters. The summed E-state index contributed by atoms with van der Waals surface area (Å²) in [5.74, 6) is 0.672. The van der Waals surface area contributed by atoms with E-state index in [4.69, 9.17) is 12.6 Å². The van der Waals surface area contributed by atoms with E-state index in [0.29, 0.717) is 5.95 Å². The Morgan fingerprint density at radius 1 is 1.04 bits per heavy atom. The molecule has 0 aliphatic carbocycles. The lowest BCUT2D eigenvalue weighted by molar-refractivity contribution is 0.0378. The Bertz CT molecular complexity index is 597. The van der Waals surface area contributed by atoms with Crippen molar-refractivity contribution in [2.24, 2.45) is 0 Å². The fourth-order valence-corrected chi connectivity index (χ4v) is 2.57. The Morgan fingerprint density at radius 2 is 1.74 bits per heavy atom. The molecule has 1 N–H and O–H groups in total. The fourth-order valence-electron chi connectivity index (χ4n) is 2.57. The first-order valence-corrected chi connectivity index (χ1v) is 8.03. The topological polar surface area (TPSA) is 50.3 Å². The number of benzene rings is 1. The van der Waals surface area contributed by atoms with E-state index in [1.165, 1.54) is 0 Å². The molecule has 1 aromatic carbocycles. The standard InChI is InChI=1S/C17H21BN4O/c18-16-4-2-14(3-5-16)15-12-20-17(21-13-15)19-6-1-7-22-8-10-23-11-9-22/h2-5,12-13H,1,6-11H2,(H,19,20,21). The minimum Gasteiger partial charge on any atom is -0.379 e. The second kappa shape index (κ2) is 8.08. The largest absolute Gasteiger partial charge is 0.379 e. The van der Waals surface area contributed by atoms with Crippen molar-refractivity contribution < 1.29 is 4.74 Å². The van der Waals surface area contributed by atoms with E-state index in [2.05, 4.69) is 20.2 Å². The van der Waals surface area contributed by atoms with E-state index in [1.54, 1.807) is 0 Å². The molecule has 0 bridgehead atoms. The third-order valence-corrected chi connectivity index (χ3v) is 3.93. The number of anilines is 1. The van der Waals surface area contributed by atoms with Gasteiger partial charge in [-0.05, 0) is 18.5 Å². The number of aromatic nitrogens is 2. The quantitative estimate of drug-likeness (QED) is 0.639. The third-order valence-electron chi connectivity index (χ3n) is 3.93. The first-order chi connectivity index (χ1) is 11.3. The highest BCUT2D eigenvalue weighted by Crippen LogP contribution is 2.16. The van der Waals surface area contributed by atoms with Gasteiger partial charge in [-0.3, -0.25) is 4.90 Å². The number of rotatable bonds is 6. The van der Waals surface area contributed by atoms with Gasteiger partial charge in [0.15, 0.2) is 0 Å². The van der Waals surface area contributed by atoms with Crippen molar-refractivity contribution in [3.8, 4) is 11.1 Å². The summed E-state index contributed by atoms with van der Waals surface area (Å²) in [6, 6.07) is 7.72. The van der Waals surface area contributed by atoms with Gasteiger partial charge in [0, 0.05) is 37.6 Å². The van der Waals surface area contributed by atoms with E-state index >= 15 is 0 Å². The molecule has 0 amide bonds. The van der Waals surface area contributed by atoms with Crippen LogP contribution >= 0.6 is 0 Å². The monoisotopic (exact) mass is 308 g/mol. The molecule has 2 aromatic rings. The fraction of sp³-hybridized carbons (Fsp3) is 0.412. The summed E-state index contributed by atoms with van der Waals surface area (Å²) in [6.07, 6.45) is 4.74. The lowest BCUT2D eigenvalue weighted by atomic mass is 9.94. The molecule has 1 aliphatic rings. The molecule has 1 fully saturated rings. The second-order valence-corrected chi connectivity index (χ2v) is 5.65. The molecule has 5 nitrogen and oxygen atoms in total. The zero-order chi connectivity index (χ0) is 15.9. The molecular weight excluding hydrogens is 287 g/mol. The molecule has 23 heavy (non-hydrogen) atoms.